The predicted molar refractivity (Wildman–Crippen MR) is 71.6 cm³/mol. The van der Waals surface area contributed by atoms with Crippen LogP contribution in [0.3, 0.4) is 0 Å². The Morgan fingerprint density at radius 2 is 2.05 bits per heavy atom. The normalized spacial score (nSPS) is 23.8. The molecule has 0 bridgehead atoms. The number of hydrogen-bond acceptors (Lipinski definition) is 4. The predicted octanol–water partition coefficient (Wildman–Crippen LogP) is 1.39. The Hall–Kier alpha value is -1.75. The van der Waals surface area contributed by atoms with Crippen LogP contribution in [0.25, 0.3) is 0 Å². The Morgan fingerprint density at radius 1 is 1.32 bits per heavy atom. The number of anilines is 1. The molecular formula is C14H18N2O3. The first-order valence-electron chi connectivity index (χ1n) is 6.65. The first kappa shape index (κ1) is 12.3. The van der Waals surface area contributed by atoms with Gasteiger partial charge in [0.2, 0.25) is 5.91 Å². The molecule has 0 radical (unpaired) electrons. The fourth-order valence-electron chi connectivity index (χ4n) is 2.16. The molecule has 1 fully saturated rings. The Morgan fingerprint density at radius 3 is 2.79 bits per heavy atom. The minimum absolute atomic E-state index is 0.0317. The molecule has 3 rings (SSSR count). The smallest absolute Gasteiger partial charge is 0.238 e. The molecule has 0 aromatic heterocycles. The fraction of sp³-hybridized carbons (Fsp3) is 0.500. The summed E-state index contributed by atoms with van der Waals surface area (Å²) in [6.45, 7) is 3.65. The number of benzene rings is 1. The van der Waals surface area contributed by atoms with Crippen molar-refractivity contribution in [3.63, 3.8) is 0 Å². The molecule has 2 atom stereocenters. The highest BCUT2D eigenvalue weighted by atomic mass is 16.6. The van der Waals surface area contributed by atoms with E-state index in [9.17, 15) is 4.79 Å². The van der Waals surface area contributed by atoms with Gasteiger partial charge in [-0.15, -0.1) is 0 Å². The number of carbonyl (C=O) groups is 1. The van der Waals surface area contributed by atoms with Gasteiger partial charge in [0, 0.05) is 17.8 Å². The third-order valence-electron chi connectivity index (χ3n) is 3.46. The molecule has 1 heterocycles. The lowest BCUT2D eigenvalue weighted by Crippen LogP contribution is -2.30. The molecule has 0 saturated heterocycles. The van der Waals surface area contributed by atoms with Crippen molar-refractivity contribution in [2.24, 2.45) is 5.92 Å². The van der Waals surface area contributed by atoms with Crippen molar-refractivity contribution in [1.29, 1.82) is 0 Å². The number of amides is 1. The quantitative estimate of drug-likeness (QED) is 0.861. The molecule has 1 aliphatic carbocycles. The van der Waals surface area contributed by atoms with Gasteiger partial charge >= 0.3 is 0 Å². The van der Waals surface area contributed by atoms with Gasteiger partial charge in [-0.25, -0.2) is 0 Å². The summed E-state index contributed by atoms with van der Waals surface area (Å²) in [5.41, 5.74) is 0.736. The van der Waals surface area contributed by atoms with Gasteiger partial charge in [0.25, 0.3) is 0 Å². The molecule has 102 valence electrons. The summed E-state index contributed by atoms with van der Waals surface area (Å²) in [4.78, 5) is 11.8. The van der Waals surface area contributed by atoms with E-state index in [0.717, 1.165) is 17.9 Å². The second-order valence-corrected chi connectivity index (χ2v) is 5.11. The van der Waals surface area contributed by atoms with Crippen molar-refractivity contribution in [2.45, 2.75) is 19.4 Å². The van der Waals surface area contributed by atoms with Crippen molar-refractivity contribution in [3.8, 4) is 11.5 Å². The molecule has 2 unspecified atom stereocenters. The average Bonchev–Trinajstić information content (AvgIpc) is 3.12. The second-order valence-electron chi connectivity index (χ2n) is 5.11. The van der Waals surface area contributed by atoms with Crippen LogP contribution in [0.15, 0.2) is 18.2 Å². The summed E-state index contributed by atoms with van der Waals surface area (Å²) in [6, 6.07) is 5.95. The average molecular weight is 262 g/mol. The molecule has 0 spiro atoms. The van der Waals surface area contributed by atoms with E-state index >= 15 is 0 Å². The van der Waals surface area contributed by atoms with Crippen LogP contribution in [0, 0.1) is 5.92 Å². The number of hydrogen-bond donors (Lipinski definition) is 2. The minimum atomic E-state index is -0.0317. The molecule has 1 aromatic rings. The summed E-state index contributed by atoms with van der Waals surface area (Å²) >= 11 is 0. The minimum Gasteiger partial charge on any atom is -0.486 e. The summed E-state index contributed by atoms with van der Waals surface area (Å²) in [5.74, 6) is 2.08. The van der Waals surface area contributed by atoms with E-state index < -0.39 is 0 Å². The number of ether oxygens (including phenoxy) is 2. The van der Waals surface area contributed by atoms with E-state index in [1.165, 1.54) is 0 Å². The molecule has 1 amide bonds. The number of rotatable bonds is 4. The molecular weight excluding hydrogens is 244 g/mol. The summed E-state index contributed by atoms with van der Waals surface area (Å²) in [6.07, 6.45) is 1.16. The van der Waals surface area contributed by atoms with Gasteiger partial charge in [-0.2, -0.15) is 0 Å². The monoisotopic (exact) mass is 262 g/mol. The van der Waals surface area contributed by atoms with Gasteiger partial charge in [-0.1, -0.05) is 6.92 Å². The van der Waals surface area contributed by atoms with E-state index in [1.807, 2.05) is 12.1 Å². The molecule has 19 heavy (non-hydrogen) atoms. The Labute approximate surface area is 112 Å². The van der Waals surface area contributed by atoms with Crippen molar-refractivity contribution in [3.05, 3.63) is 18.2 Å². The van der Waals surface area contributed by atoms with Gasteiger partial charge in [-0.3, -0.25) is 4.79 Å². The summed E-state index contributed by atoms with van der Waals surface area (Å²) < 4.78 is 10.9. The van der Waals surface area contributed by atoms with Crippen LogP contribution in [-0.4, -0.2) is 31.7 Å². The van der Waals surface area contributed by atoms with Crippen LogP contribution in [0.2, 0.25) is 0 Å². The van der Waals surface area contributed by atoms with Gasteiger partial charge in [-0.05, 0) is 24.5 Å². The van der Waals surface area contributed by atoms with Gasteiger partial charge in [0.1, 0.15) is 13.2 Å². The number of fused-ring (bicyclic) bond motifs is 1. The van der Waals surface area contributed by atoms with Crippen LogP contribution in [0.4, 0.5) is 5.69 Å². The van der Waals surface area contributed by atoms with Crippen LogP contribution in [0.5, 0.6) is 11.5 Å². The van der Waals surface area contributed by atoms with Gasteiger partial charge in [0.15, 0.2) is 11.5 Å². The highest BCUT2D eigenvalue weighted by molar-refractivity contribution is 5.92. The largest absolute Gasteiger partial charge is 0.486 e. The summed E-state index contributed by atoms with van der Waals surface area (Å²) in [7, 11) is 0. The Bertz CT molecular complexity index is 490. The lowest BCUT2D eigenvalue weighted by Gasteiger charge is -2.19. The Kier molecular flexibility index (Phi) is 3.29. The van der Waals surface area contributed by atoms with Crippen molar-refractivity contribution in [1.82, 2.24) is 5.32 Å². The van der Waals surface area contributed by atoms with Crippen LogP contribution >= 0.6 is 0 Å². The van der Waals surface area contributed by atoms with E-state index in [1.54, 1.807) is 6.07 Å². The maximum absolute atomic E-state index is 11.8. The third-order valence-corrected chi connectivity index (χ3v) is 3.46. The van der Waals surface area contributed by atoms with E-state index in [2.05, 4.69) is 17.6 Å². The standard InChI is InChI=1S/C14H18N2O3/c1-9-6-11(9)15-8-14(17)16-10-2-3-12-13(7-10)19-5-4-18-12/h2-3,7,9,11,15H,4-6,8H2,1H3,(H,16,17). The zero-order valence-electron chi connectivity index (χ0n) is 10.9. The fourth-order valence-corrected chi connectivity index (χ4v) is 2.16. The molecule has 2 aliphatic rings. The lowest BCUT2D eigenvalue weighted by molar-refractivity contribution is -0.115. The highest BCUT2D eigenvalue weighted by Crippen LogP contribution is 2.32. The van der Waals surface area contributed by atoms with Crippen molar-refractivity contribution >= 4 is 11.6 Å². The maximum Gasteiger partial charge on any atom is 0.238 e. The zero-order valence-corrected chi connectivity index (χ0v) is 10.9. The molecule has 5 heteroatoms. The molecule has 1 aromatic carbocycles. The molecule has 5 nitrogen and oxygen atoms in total. The Balaban J connectivity index is 1.55. The van der Waals surface area contributed by atoms with Crippen LogP contribution < -0.4 is 20.1 Å². The molecule has 2 N–H and O–H groups in total. The highest BCUT2D eigenvalue weighted by Gasteiger charge is 2.32. The zero-order chi connectivity index (χ0) is 13.2. The van der Waals surface area contributed by atoms with Crippen molar-refractivity contribution in [2.75, 3.05) is 25.1 Å². The van der Waals surface area contributed by atoms with E-state index in [4.69, 9.17) is 9.47 Å². The van der Waals surface area contributed by atoms with Crippen LogP contribution in [-0.2, 0) is 4.79 Å². The first-order valence-corrected chi connectivity index (χ1v) is 6.65. The van der Waals surface area contributed by atoms with Gasteiger partial charge < -0.3 is 20.1 Å². The maximum atomic E-state index is 11.8. The summed E-state index contributed by atoms with van der Waals surface area (Å²) in [5, 5.41) is 6.07. The number of carbonyl (C=O) groups excluding carboxylic acids is 1. The SMILES string of the molecule is CC1CC1NCC(=O)Nc1ccc2c(c1)OCCO2. The van der Waals surface area contributed by atoms with E-state index in [0.29, 0.717) is 37.5 Å². The van der Waals surface area contributed by atoms with Gasteiger partial charge in [0.05, 0.1) is 6.54 Å². The van der Waals surface area contributed by atoms with Crippen molar-refractivity contribution < 1.29 is 14.3 Å². The number of nitrogens with one attached hydrogen (secondary N) is 2. The van der Waals surface area contributed by atoms with Crippen LogP contribution in [0.1, 0.15) is 13.3 Å². The first-order chi connectivity index (χ1) is 9.22. The second kappa shape index (κ2) is 5.09. The topological polar surface area (TPSA) is 59.6 Å². The van der Waals surface area contributed by atoms with E-state index in [-0.39, 0.29) is 5.91 Å². The lowest BCUT2D eigenvalue weighted by atomic mass is 10.2. The molecule has 1 saturated carbocycles. The third kappa shape index (κ3) is 2.98. The molecule has 1 aliphatic heterocycles.